The second kappa shape index (κ2) is 7.41. The molecule has 6 nitrogen and oxygen atoms in total. The van der Waals surface area contributed by atoms with Gasteiger partial charge in [-0.1, -0.05) is 17.7 Å². The van der Waals surface area contributed by atoms with Gasteiger partial charge in [-0.25, -0.2) is 4.72 Å². The van der Waals surface area contributed by atoms with Crippen LogP contribution in [-0.4, -0.2) is 38.3 Å². The highest BCUT2D eigenvalue weighted by Gasteiger charge is 2.24. The smallest absolute Gasteiger partial charge is 0.279 e. The third-order valence-electron chi connectivity index (χ3n) is 3.44. The summed E-state index contributed by atoms with van der Waals surface area (Å²) in [5, 5.41) is 3.14. The normalized spacial score (nSPS) is 15.9. The first-order chi connectivity index (χ1) is 10.4. The van der Waals surface area contributed by atoms with Crippen LogP contribution in [0.25, 0.3) is 0 Å². The van der Waals surface area contributed by atoms with Crippen LogP contribution < -0.4 is 10.0 Å². The van der Waals surface area contributed by atoms with E-state index in [1.54, 1.807) is 12.1 Å². The number of anilines is 1. The predicted octanol–water partition coefficient (Wildman–Crippen LogP) is 1.91. The van der Waals surface area contributed by atoms with Crippen LogP contribution in [-0.2, 0) is 15.0 Å². The van der Waals surface area contributed by atoms with E-state index in [1.807, 2.05) is 13.0 Å². The molecule has 122 valence electrons. The van der Waals surface area contributed by atoms with Crippen LogP contribution >= 0.6 is 11.6 Å². The largest absolute Gasteiger partial charge is 0.325 e. The lowest BCUT2D eigenvalue weighted by Crippen LogP contribution is -2.40. The van der Waals surface area contributed by atoms with E-state index >= 15 is 0 Å². The molecular weight excluding hydrogens is 326 g/mol. The molecule has 22 heavy (non-hydrogen) atoms. The fraction of sp³-hybridized carbons (Fsp3) is 0.500. The van der Waals surface area contributed by atoms with Gasteiger partial charge in [-0.05, 0) is 37.5 Å². The standard InChI is InChI=1S/C14H20ClN3O3S/c1-11-4-5-13(12(15)10-11)17-14(19)6-7-16-22(20,21)18-8-2-3-9-18/h4-5,10,16H,2-3,6-9H2,1H3,(H,17,19). The molecule has 0 radical (unpaired) electrons. The van der Waals surface area contributed by atoms with E-state index in [4.69, 9.17) is 11.6 Å². The summed E-state index contributed by atoms with van der Waals surface area (Å²) in [6.45, 7) is 3.06. The van der Waals surface area contributed by atoms with Crippen molar-refractivity contribution in [3.8, 4) is 0 Å². The first kappa shape index (κ1) is 17.2. The highest BCUT2D eigenvalue weighted by atomic mass is 35.5. The van der Waals surface area contributed by atoms with Crippen LogP contribution in [0.5, 0.6) is 0 Å². The van der Waals surface area contributed by atoms with E-state index in [2.05, 4.69) is 10.0 Å². The Balaban J connectivity index is 1.80. The highest BCUT2D eigenvalue weighted by Crippen LogP contribution is 2.22. The fourth-order valence-corrected chi connectivity index (χ4v) is 3.81. The second-order valence-electron chi connectivity index (χ2n) is 5.29. The Morgan fingerprint density at radius 3 is 2.64 bits per heavy atom. The van der Waals surface area contributed by atoms with Crippen molar-refractivity contribution in [2.24, 2.45) is 0 Å². The number of rotatable bonds is 6. The SMILES string of the molecule is Cc1ccc(NC(=O)CCNS(=O)(=O)N2CCCC2)c(Cl)c1. The molecule has 0 bridgehead atoms. The van der Waals surface area contributed by atoms with Crippen molar-refractivity contribution in [2.75, 3.05) is 25.0 Å². The number of nitrogens with one attached hydrogen (secondary N) is 2. The van der Waals surface area contributed by atoms with Crippen LogP contribution in [0.3, 0.4) is 0 Å². The molecule has 1 heterocycles. The zero-order valence-electron chi connectivity index (χ0n) is 12.4. The maximum atomic E-state index is 11.9. The summed E-state index contributed by atoms with van der Waals surface area (Å²) in [5.74, 6) is -0.283. The molecule has 1 amide bonds. The maximum absolute atomic E-state index is 11.9. The number of hydrogen-bond acceptors (Lipinski definition) is 3. The third kappa shape index (κ3) is 4.67. The lowest BCUT2D eigenvalue weighted by atomic mass is 10.2. The predicted molar refractivity (Wildman–Crippen MR) is 87.2 cm³/mol. The number of carbonyl (C=O) groups excluding carboxylic acids is 1. The van der Waals surface area contributed by atoms with Crippen LogP contribution in [0.15, 0.2) is 18.2 Å². The van der Waals surface area contributed by atoms with Gasteiger partial charge in [0.05, 0.1) is 10.7 Å². The number of amides is 1. The lowest BCUT2D eigenvalue weighted by Gasteiger charge is -2.16. The minimum atomic E-state index is -3.47. The topological polar surface area (TPSA) is 78.5 Å². The molecule has 1 fully saturated rings. The Hall–Kier alpha value is -1.15. The zero-order valence-corrected chi connectivity index (χ0v) is 14.0. The summed E-state index contributed by atoms with van der Waals surface area (Å²) < 4.78 is 27.7. The lowest BCUT2D eigenvalue weighted by molar-refractivity contribution is -0.116. The van der Waals surface area contributed by atoms with Gasteiger partial charge in [-0.15, -0.1) is 0 Å². The minimum Gasteiger partial charge on any atom is -0.325 e. The molecule has 8 heteroatoms. The van der Waals surface area contributed by atoms with Gasteiger partial charge in [-0.2, -0.15) is 12.7 Å². The molecule has 0 atom stereocenters. The van der Waals surface area contributed by atoms with Crippen molar-refractivity contribution in [2.45, 2.75) is 26.2 Å². The van der Waals surface area contributed by atoms with E-state index in [9.17, 15) is 13.2 Å². The van der Waals surface area contributed by atoms with Crippen molar-refractivity contribution in [1.82, 2.24) is 9.03 Å². The van der Waals surface area contributed by atoms with Crippen molar-refractivity contribution < 1.29 is 13.2 Å². The average Bonchev–Trinajstić information content (AvgIpc) is 2.96. The maximum Gasteiger partial charge on any atom is 0.279 e. The summed E-state index contributed by atoms with van der Waals surface area (Å²) in [6.07, 6.45) is 1.82. The Labute approximate surface area is 136 Å². The van der Waals surface area contributed by atoms with Crippen LogP contribution in [0.2, 0.25) is 5.02 Å². The second-order valence-corrected chi connectivity index (χ2v) is 7.45. The van der Waals surface area contributed by atoms with Gasteiger partial charge < -0.3 is 5.32 Å². The van der Waals surface area contributed by atoms with E-state index in [0.29, 0.717) is 23.8 Å². The van der Waals surface area contributed by atoms with Crippen LogP contribution in [0.4, 0.5) is 5.69 Å². The van der Waals surface area contributed by atoms with Gasteiger partial charge in [0.25, 0.3) is 10.2 Å². The van der Waals surface area contributed by atoms with Crippen LogP contribution in [0.1, 0.15) is 24.8 Å². The average molecular weight is 346 g/mol. The van der Waals surface area contributed by atoms with Gasteiger partial charge in [0.15, 0.2) is 0 Å². The van der Waals surface area contributed by atoms with Gasteiger partial charge in [0, 0.05) is 26.1 Å². The van der Waals surface area contributed by atoms with E-state index in [1.165, 1.54) is 4.31 Å². The van der Waals surface area contributed by atoms with Crippen molar-refractivity contribution in [1.29, 1.82) is 0 Å². The van der Waals surface area contributed by atoms with Gasteiger partial charge in [0.2, 0.25) is 5.91 Å². The summed E-state index contributed by atoms with van der Waals surface area (Å²) in [4.78, 5) is 11.8. The number of hydrogen-bond donors (Lipinski definition) is 2. The molecule has 0 unspecified atom stereocenters. The summed E-state index contributed by atoms with van der Waals surface area (Å²) in [6, 6.07) is 5.33. The number of benzene rings is 1. The Morgan fingerprint density at radius 2 is 2.00 bits per heavy atom. The van der Waals surface area contributed by atoms with E-state index in [0.717, 1.165) is 18.4 Å². The molecule has 1 aromatic rings. The molecule has 1 saturated heterocycles. The Kier molecular flexibility index (Phi) is 5.80. The first-order valence-corrected chi connectivity index (χ1v) is 9.01. The summed E-state index contributed by atoms with van der Waals surface area (Å²) in [5.41, 5.74) is 1.53. The third-order valence-corrected chi connectivity index (χ3v) is 5.37. The van der Waals surface area contributed by atoms with Gasteiger partial charge in [0.1, 0.15) is 0 Å². The zero-order chi connectivity index (χ0) is 16.2. The molecular formula is C14H20ClN3O3S. The first-order valence-electron chi connectivity index (χ1n) is 7.19. The van der Waals surface area contributed by atoms with Crippen LogP contribution in [0, 0.1) is 6.92 Å². The summed E-state index contributed by atoms with van der Waals surface area (Å²) >= 11 is 6.03. The highest BCUT2D eigenvalue weighted by molar-refractivity contribution is 7.87. The molecule has 1 aliphatic heterocycles. The Bertz CT molecular complexity index is 643. The molecule has 1 aromatic carbocycles. The molecule has 1 aliphatic rings. The van der Waals surface area contributed by atoms with Crippen molar-refractivity contribution >= 4 is 33.4 Å². The van der Waals surface area contributed by atoms with Crippen molar-refractivity contribution in [3.05, 3.63) is 28.8 Å². The number of nitrogens with zero attached hydrogens (tertiary/aromatic N) is 1. The van der Waals surface area contributed by atoms with Gasteiger partial charge >= 0.3 is 0 Å². The quantitative estimate of drug-likeness (QED) is 0.826. The molecule has 0 aliphatic carbocycles. The van der Waals surface area contributed by atoms with Gasteiger partial charge in [-0.3, -0.25) is 4.79 Å². The molecule has 0 spiro atoms. The van der Waals surface area contributed by atoms with E-state index < -0.39 is 10.2 Å². The number of carbonyl (C=O) groups is 1. The molecule has 0 aromatic heterocycles. The summed E-state index contributed by atoms with van der Waals surface area (Å²) in [7, 11) is -3.47. The Morgan fingerprint density at radius 1 is 1.32 bits per heavy atom. The fourth-order valence-electron chi connectivity index (χ4n) is 2.25. The van der Waals surface area contributed by atoms with E-state index in [-0.39, 0.29) is 18.9 Å². The monoisotopic (exact) mass is 345 g/mol. The number of halogens is 1. The van der Waals surface area contributed by atoms with Crippen molar-refractivity contribution in [3.63, 3.8) is 0 Å². The molecule has 0 saturated carbocycles. The minimum absolute atomic E-state index is 0.0529. The molecule has 2 rings (SSSR count). The molecule has 2 N–H and O–H groups in total. The number of aryl methyl sites for hydroxylation is 1.